The van der Waals surface area contributed by atoms with Gasteiger partial charge >= 0.3 is 0 Å². The average molecular weight is 383 g/mol. The zero-order valence-electron chi connectivity index (χ0n) is 14.5. The van der Waals surface area contributed by atoms with Crippen LogP contribution in [-0.4, -0.2) is 44.7 Å². The van der Waals surface area contributed by atoms with Crippen molar-refractivity contribution in [2.24, 2.45) is 5.10 Å². The summed E-state index contributed by atoms with van der Waals surface area (Å²) in [5, 5.41) is 13.2. The third-order valence-corrected chi connectivity index (χ3v) is 5.05. The van der Waals surface area contributed by atoms with E-state index in [1.54, 1.807) is 13.4 Å². The SMILES string of the molecule is COc1ccc(C2=NN(C(=O)CSc3ncn[nH]3)[C@@H](c3ccco3)C2)cc1. The highest BCUT2D eigenvalue weighted by Crippen LogP contribution is 2.34. The Bertz CT molecular complexity index is 923. The van der Waals surface area contributed by atoms with Crippen molar-refractivity contribution in [2.45, 2.75) is 17.6 Å². The minimum Gasteiger partial charge on any atom is -0.497 e. The van der Waals surface area contributed by atoms with E-state index in [0.29, 0.717) is 17.3 Å². The van der Waals surface area contributed by atoms with Crippen LogP contribution in [0.25, 0.3) is 0 Å². The molecule has 0 saturated heterocycles. The molecule has 0 aliphatic carbocycles. The molecule has 1 aromatic carbocycles. The second-order valence-electron chi connectivity index (χ2n) is 5.83. The summed E-state index contributed by atoms with van der Waals surface area (Å²) in [5.74, 6) is 1.56. The zero-order valence-corrected chi connectivity index (χ0v) is 15.3. The molecule has 3 aromatic rings. The van der Waals surface area contributed by atoms with Crippen LogP contribution < -0.4 is 4.74 Å². The third kappa shape index (κ3) is 3.72. The van der Waals surface area contributed by atoms with E-state index in [1.807, 2.05) is 36.4 Å². The van der Waals surface area contributed by atoms with Crippen molar-refractivity contribution >= 4 is 23.4 Å². The van der Waals surface area contributed by atoms with Gasteiger partial charge in [0.05, 0.1) is 24.8 Å². The van der Waals surface area contributed by atoms with Gasteiger partial charge in [0.15, 0.2) is 5.16 Å². The summed E-state index contributed by atoms with van der Waals surface area (Å²) in [7, 11) is 1.63. The number of furan rings is 1. The first kappa shape index (κ1) is 17.3. The van der Waals surface area contributed by atoms with Crippen LogP contribution >= 0.6 is 11.8 Å². The number of aromatic amines is 1. The van der Waals surface area contributed by atoms with Crippen LogP contribution in [0.1, 0.15) is 23.8 Å². The molecular weight excluding hydrogens is 366 g/mol. The predicted molar refractivity (Wildman–Crippen MR) is 99.5 cm³/mol. The van der Waals surface area contributed by atoms with Crippen molar-refractivity contribution in [1.82, 2.24) is 20.2 Å². The fourth-order valence-electron chi connectivity index (χ4n) is 2.86. The number of benzene rings is 1. The fourth-order valence-corrected chi connectivity index (χ4v) is 3.49. The number of hydrogen-bond donors (Lipinski definition) is 1. The van der Waals surface area contributed by atoms with Gasteiger partial charge in [-0.25, -0.2) is 9.99 Å². The third-order valence-electron chi connectivity index (χ3n) is 4.19. The standard InChI is InChI=1S/C18H17N5O3S/c1-25-13-6-4-12(5-7-13)14-9-15(16-3-2-8-26-16)23(22-14)17(24)10-27-18-19-11-20-21-18/h2-8,11,15H,9-10H2,1H3,(H,19,20,21)/t15-/m1/s1. The maximum absolute atomic E-state index is 12.8. The molecule has 138 valence electrons. The number of nitrogens with zero attached hydrogens (tertiary/aromatic N) is 4. The summed E-state index contributed by atoms with van der Waals surface area (Å²) >= 11 is 1.29. The van der Waals surface area contributed by atoms with Crippen LogP contribution in [0.5, 0.6) is 5.75 Å². The molecule has 1 atom stereocenters. The van der Waals surface area contributed by atoms with Crippen molar-refractivity contribution in [1.29, 1.82) is 0 Å². The molecule has 1 N–H and O–H groups in total. The molecular formula is C18H17N5O3S. The van der Waals surface area contributed by atoms with Gasteiger partial charge < -0.3 is 9.15 Å². The average Bonchev–Trinajstić information content (AvgIpc) is 3.47. The van der Waals surface area contributed by atoms with Crippen molar-refractivity contribution in [2.75, 3.05) is 12.9 Å². The lowest BCUT2D eigenvalue weighted by Gasteiger charge is -2.19. The highest BCUT2D eigenvalue weighted by atomic mass is 32.2. The number of aromatic nitrogens is 3. The number of nitrogens with one attached hydrogen (secondary N) is 1. The van der Waals surface area contributed by atoms with E-state index >= 15 is 0 Å². The molecule has 1 aliphatic rings. The van der Waals surface area contributed by atoms with Crippen LogP contribution in [0, 0.1) is 0 Å². The van der Waals surface area contributed by atoms with Gasteiger partial charge in [0.2, 0.25) is 0 Å². The Morgan fingerprint density at radius 2 is 2.22 bits per heavy atom. The molecule has 2 aromatic heterocycles. The molecule has 1 amide bonds. The Morgan fingerprint density at radius 3 is 2.89 bits per heavy atom. The Kier molecular flexibility index (Phi) is 4.93. The number of ether oxygens (including phenoxy) is 1. The lowest BCUT2D eigenvalue weighted by Crippen LogP contribution is -2.28. The van der Waals surface area contributed by atoms with Crippen molar-refractivity contribution in [3.8, 4) is 5.75 Å². The van der Waals surface area contributed by atoms with E-state index in [9.17, 15) is 4.79 Å². The van der Waals surface area contributed by atoms with Crippen molar-refractivity contribution in [3.05, 3.63) is 60.3 Å². The number of carbonyl (C=O) groups excluding carboxylic acids is 1. The topological polar surface area (TPSA) is 96.6 Å². The number of thioether (sulfide) groups is 1. The van der Waals surface area contributed by atoms with Gasteiger partial charge in [-0.15, -0.1) is 0 Å². The molecule has 0 saturated carbocycles. The highest BCUT2D eigenvalue weighted by molar-refractivity contribution is 7.99. The monoisotopic (exact) mass is 383 g/mol. The molecule has 0 radical (unpaired) electrons. The molecule has 0 spiro atoms. The highest BCUT2D eigenvalue weighted by Gasteiger charge is 2.34. The predicted octanol–water partition coefficient (Wildman–Crippen LogP) is 2.88. The van der Waals surface area contributed by atoms with Crippen LogP contribution in [0.3, 0.4) is 0 Å². The number of rotatable bonds is 6. The Hall–Kier alpha value is -3.07. The number of hydrogen-bond acceptors (Lipinski definition) is 7. The van der Waals surface area contributed by atoms with Crippen molar-refractivity contribution in [3.63, 3.8) is 0 Å². The van der Waals surface area contributed by atoms with Gasteiger partial charge in [-0.3, -0.25) is 9.89 Å². The Morgan fingerprint density at radius 1 is 1.37 bits per heavy atom. The van der Waals surface area contributed by atoms with E-state index < -0.39 is 0 Å². The number of amides is 1. The van der Waals surface area contributed by atoms with Gasteiger partial charge in [-0.05, 0) is 42.0 Å². The quantitative estimate of drug-likeness (QED) is 0.658. The molecule has 0 unspecified atom stereocenters. The lowest BCUT2D eigenvalue weighted by atomic mass is 10.0. The molecule has 0 fully saturated rings. The molecule has 1 aliphatic heterocycles. The summed E-state index contributed by atoms with van der Waals surface area (Å²) in [6.07, 6.45) is 3.60. The van der Waals surface area contributed by atoms with E-state index in [2.05, 4.69) is 20.3 Å². The molecule has 4 rings (SSSR count). The van der Waals surface area contributed by atoms with Crippen LogP contribution in [-0.2, 0) is 4.79 Å². The van der Waals surface area contributed by atoms with Crippen LogP contribution in [0.4, 0.5) is 0 Å². The minimum atomic E-state index is -0.264. The van der Waals surface area contributed by atoms with E-state index in [1.165, 1.54) is 23.1 Å². The second kappa shape index (κ2) is 7.67. The lowest BCUT2D eigenvalue weighted by molar-refractivity contribution is -0.130. The maximum Gasteiger partial charge on any atom is 0.253 e. The second-order valence-corrected chi connectivity index (χ2v) is 6.79. The summed E-state index contributed by atoms with van der Waals surface area (Å²) in [6, 6.07) is 11.0. The van der Waals surface area contributed by atoms with Gasteiger partial charge in [0.1, 0.15) is 23.9 Å². The Balaban J connectivity index is 1.56. The normalized spacial score (nSPS) is 16.4. The molecule has 27 heavy (non-hydrogen) atoms. The molecule has 0 bridgehead atoms. The number of H-pyrrole nitrogens is 1. The van der Waals surface area contributed by atoms with Gasteiger partial charge in [-0.2, -0.15) is 10.2 Å². The summed E-state index contributed by atoms with van der Waals surface area (Å²) < 4.78 is 10.7. The summed E-state index contributed by atoms with van der Waals surface area (Å²) in [4.78, 5) is 16.8. The van der Waals surface area contributed by atoms with Crippen LogP contribution in [0.2, 0.25) is 0 Å². The van der Waals surface area contributed by atoms with Gasteiger partial charge in [0, 0.05) is 6.42 Å². The summed E-state index contributed by atoms with van der Waals surface area (Å²) in [6.45, 7) is 0. The first-order valence-electron chi connectivity index (χ1n) is 8.30. The maximum atomic E-state index is 12.8. The molecule has 3 heterocycles. The molecule has 8 nitrogen and oxygen atoms in total. The fraction of sp³-hybridized carbons (Fsp3) is 0.222. The number of hydrazone groups is 1. The molecule has 9 heteroatoms. The smallest absolute Gasteiger partial charge is 0.253 e. The van der Waals surface area contributed by atoms with E-state index in [4.69, 9.17) is 9.15 Å². The first-order chi connectivity index (χ1) is 13.2. The number of methoxy groups -OCH3 is 1. The largest absolute Gasteiger partial charge is 0.497 e. The Labute approximate surface area is 159 Å². The number of carbonyl (C=O) groups is 1. The minimum absolute atomic E-state index is 0.124. The zero-order chi connectivity index (χ0) is 18.6. The van der Waals surface area contributed by atoms with Crippen molar-refractivity contribution < 1.29 is 13.9 Å². The summed E-state index contributed by atoms with van der Waals surface area (Å²) in [5.41, 5.74) is 1.78. The van der Waals surface area contributed by atoms with Gasteiger partial charge in [0.25, 0.3) is 5.91 Å². The van der Waals surface area contributed by atoms with Crippen LogP contribution in [0.15, 0.2) is 63.7 Å². The van der Waals surface area contributed by atoms with Gasteiger partial charge in [-0.1, -0.05) is 11.8 Å². The first-order valence-corrected chi connectivity index (χ1v) is 9.28. The van der Waals surface area contributed by atoms with E-state index in [0.717, 1.165) is 17.0 Å². The van der Waals surface area contributed by atoms with E-state index in [-0.39, 0.29) is 17.7 Å².